The lowest BCUT2D eigenvalue weighted by Gasteiger charge is -2.43. The van der Waals surface area contributed by atoms with Crippen molar-refractivity contribution >= 4 is 11.8 Å². The summed E-state index contributed by atoms with van der Waals surface area (Å²) in [5.41, 5.74) is 8.49. The molecule has 5 heterocycles. The second kappa shape index (κ2) is 8.42. The van der Waals surface area contributed by atoms with E-state index >= 15 is 0 Å². The zero-order valence-corrected chi connectivity index (χ0v) is 19.7. The number of urea groups is 1. The predicted molar refractivity (Wildman–Crippen MR) is 127 cm³/mol. The fourth-order valence-electron chi connectivity index (χ4n) is 5.82. The normalized spacial score (nSPS) is 22.0. The molecule has 11 heteroatoms. The fraction of sp³-hybridized carbons (Fsp3) is 0.440. The second-order valence-corrected chi connectivity index (χ2v) is 9.93. The maximum absolute atomic E-state index is 13.3. The van der Waals surface area contributed by atoms with Crippen molar-refractivity contribution in [2.24, 2.45) is 0 Å². The molecule has 1 aliphatic carbocycles. The maximum atomic E-state index is 13.3. The van der Waals surface area contributed by atoms with Gasteiger partial charge in [0.2, 0.25) is 0 Å². The number of nitrogens with zero attached hydrogens (tertiary/aromatic N) is 5. The number of nitrogens with two attached hydrogens (primary N) is 1. The molecule has 188 valence electrons. The lowest BCUT2D eigenvalue weighted by molar-refractivity contribution is -0.0494. The van der Waals surface area contributed by atoms with Gasteiger partial charge in [0.25, 0.3) is 0 Å². The molecule has 0 aromatic carbocycles. The number of halogens is 2. The minimum Gasteiger partial charge on any atom is -0.431 e. The molecule has 2 amide bonds. The Kier molecular flexibility index (Phi) is 5.31. The van der Waals surface area contributed by atoms with E-state index in [0.717, 1.165) is 49.9 Å². The molecule has 36 heavy (non-hydrogen) atoms. The van der Waals surface area contributed by atoms with Gasteiger partial charge in [0, 0.05) is 54.9 Å². The van der Waals surface area contributed by atoms with E-state index < -0.39 is 6.61 Å². The molecule has 3 aromatic heterocycles. The van der Waals surface area contributed by atoms with Gasteiger partial charge in [0.05, 0.1) is 11.2 Å². The number of anilines is 1. The summed E-state index contributed by atoms with van der Waals surface area (Å²) in [4.78, 5) is 23.4. The van der Waals surface area contributed by atoms with Crippen molar-refractivity contribution in [3.05, 3.63) is 54.1 Å². The Morgan fingerprint density at radius 3 is 2.64 bits per heavy atom. The van der Waals surface area contributed by atoms with Crippen molar-refractivity contribution in [1.82, 2.24) is 30.0 Å². The third kappa shape index (κ3) is 3.73. The number of amides is 2. The van der Waals surface area contributed by atoms with E-state index in [-0.39, 0.29) is 28.6 Å². The SMILES string of the molecule is Nc1ncc(-c2cc3n(n2)CCC32CCN(C(=O)NC3(c4ccncc4)CCC3)C2)cc1OC(F)F. The molecule has 1 unspecified atom stereocenters. The third-order valence-corrected chi connectivity index (χ3v) is 7.95. The van der Waals surface area contributed by atoms with Gasteiger partial charge >= 0.3 is 12.6 Å². The van der Waals surface area contributed by atoms with Gasteiger partial charge in [0.15, 0.2) is 11.6 Å². The highest BCUT2D eigenvalue weighted by molar-refractivity contribution is 5.76. The van der Waals surface area contributed by atoms with Gasteiger partial charge in [-0.1, -0.05) is 0 Å². The molecule has 6 rings (SSSR count). The monoisotopic (exact) mass is 495 g/mol. The zero-order valence-electron chi connectivity index (χ0n) is 19.7. The number of aryl methyl sites for hydroxylation is 1. The van der Waals surface area contributed by atoms with E-state index in [2.05, 4.69) is 25.1 Å². The lowest BCUT2D eigenvalue weighted by Crippen LogP contribution is -2.54. The van der Waals surface area contributed by atoms with Gasteiger partial charge in [-0.15, -0.1) is 0 Å². The van der Waals surface area contributed by atoms with Gasteiger partial charge in [-0.2, -0.15) is 13.9 Å². The van der Waals surface area contributed by atoms with Crippen LogP contribution >= 0.6 is 0 Å². The number of rotatable bonds is 5. The summed E-state index contributed by atoms with van der Waals surface area (Å²) < 4.78 is 31.9. The van der Waals surface area contributed by atoms with Crippen LogP contribution in [-0.4, -0.2) is 50.4 Å². The van der Waals surface area contributed by atoms with E-state index in [4.69, 9.17) is 5.73 Å². The number of hydrogen-bond donors (Lipinski definition) is 2. The van der Waals surface area contributed by atoms with E-state index in [1.807, 2.05) is 27.8 Å². The van der Waals surface area contributed by atoms with Crippen LogP contribution in [0.3, 0.4) is 0 Å². The average Bonchev–Trinajstić information content (AvgIpc) is 3.55. The highest BCUT2D eigenvalue weighted by Gasteiger charge is 2.48. The van der Waals surface area contributed by atoms with Crippen LogP contribution in [0, 0.1) is 0 Å². The molecule has 1 saturated heterocycles. The van der Waals surface area contributed by atoms with Crippen LogP contribution < -0.4 is 15.8 Å². The van der Waals surface area contributed by atoms with Crippen molar-refractivity contribution < 1.29 is 18.3 Å². The van der Waals surface area contributed by atoms with Gasteiger partial charge in [-0.05, 0) is 61.9 Å². The maximum Gasteiger partial charge on any atom is 0.387 e. The molecular weight excluding hydrogens is 468 g/mol. The average molecular weight is 496 g/mol. The standard InChI is InChI=1S/C25H27F2N7O2/c26-22(27)36-19-12-16(14-30-21(19)28)18-13-20-24(7-11-34(20)32-18)6-10-33(15-24)23(35)31-25(4-1-5-25)17-2-8-29-9-3-17/h2-3,8-9,12-14,22H,1,4-7,10-11,15H2,(H2,28,30)(H,31,35). The number of hydrogen-bond acceptors (Lipinski definition) is 6. The number of pyridine rings is 2. The van der Waals surface area contributed by atoms with Crippen LogP contribution in [0.15, 0.2) is 42.9 Å². The molecule has 1 saturated carbocycles. The van der Waals surface area contributed by atoms with Crippen molar-refractivity contribution in [1.29, 1.82) is 0 Å². The molecule has 1 atom stereocenters. The minimum atomic E-state index is -2.99. The van der Waals surface area contributed by atoms with Crippen molar-refractivity contribution in [3.8, 4) is 17.0 Å². The first kappa shape index (κ1) is 22.7. The number of alkyl halides is 2. The molecular formula is C25H27F2N7O2. The first-order valence-electron chi connectivity index (χ1n) is 12.1. The first-order valence-corrected chi connectivity index (χ1v) is 12.1. The summed E-state index contributed by atoms with van der Waals surface area (Å²) in [6.07, 6.45) is 9.70. The number of fused-ring (bicyclic) bond motifs is 2. The summed E-state index contributed by atoms with van der Waals surface area (Å²) in [6.45, 7) is -0.993. The molecule has 3 aromatic rings. The van der Waals surface area contributed by atoms with Crippen molar-refractivity contribution in [3.63, 3.8) is 0 Å². The number of nitrogen functional groups attached to an aromatic ring is 1. The summed E-state index contributed by atoms with van der Waals surface area (Å²) in [5, 5.41) is 8.01. The summed E-state index contributed by atoms with van der Waals surface area (Å²) in [6, 6.07) is 7.32. The molecule has 2 fully saturated rings. The highest BCUT2D eigenvalue weighted by Crippen LogP contribution is 2.45. The summed E-state index contributed by atoms with van der Waals surface area (Å²) in [7, 11) is 0. The van der Waals surface area contributed by atoms with Crippen LogP contribution in [0.4, 0.5) is 19.4 Å². The number of ether oxygens (including phenoxy) is 1. The van der Waals surface area contributed by atoms with Crippen LogP contribution in [0.1, 0.15) is 43.4 Å². The van der Waals surface area contributed by atoms with Crippen LogP contribution in [0.5, 0.6) is 5.75 Å². The molecule has 3 aliphatic rings. The van der Waals surface area contributed by atoms with Crippen LogP contribution in [-0.2, 0) is 17.5 Å². The van der Waals surface area contributed by atoms with Gasteiger partial charge in [0.1, 0.15) is 0 Å². The Hall–Kier alpha value is -3.76. The number of aromatic nitrogens is 4. The lowest BCUT2D eigenvalue weighted by atomic mass is 9.72. The predicted octanol–water partition coefficient (Wildman–Crippen LogP) is 3.66. The van der Waals surface area contributed by atoms with Crippen molar-refractivity contribution in [2.75, 3.05) is 18.8 Å². The molecule has 0 radical (unpaired) electrons. The van der Waals surface area contributed by atoms with E-state index in [0.29, 0.717) is 24.3 Å². The van der Waals surface area contributed by atoms with E-state index in [9.17, 15) is 13.6 Å². The molecule has 0 bridgehead atoms. The molecule has 2 aliphatic heterocycles. The minimum absolute atomic E-state index is 0.0434. The topological polar surface area (TPSA) is 111 Å². The summed E-state index contributed by atoms with van der Waals surface area (Å²) >= 11 is 0. The Morgan fingerprint density at radius 2 is 1.92 bits per heavy atom. The van der Waals surface area contributed by atoms with Gasteiger partial charge in [-0.25, -0.2) is 9.78 Å². The van der Waals surface area contributed by atoms with Crippen LogP contribution in [0.25, 0.3) is 11.3 Å². The smallest absolute Gasteiger partial charge is 0.387 e. The molecule has 1 spiro atoms. The zero-order chi connectivity index (χ0) is 24.9. The Morgan fingerprint density at radius 1 is 1.14 bits per heavy atom. The first-order chi connectivity index (χ1) is 17.4. The molecule has 3 N–H and O–H groups in total. The second-order valence-electron chi connectivity index (χ2n) is 9.93. The van der Waals surface area contributed by atoms with Crippen molar-refractivity contribution in [2.45, 2.75) is 56.2 Å². The van der Waals surface area contributed by atoms with Gasteiger partial charge < -0.3 is 20.7 Å². The Bertz CT molecular complexity index is 1290. The number of likely N-dealkylation sites (tertiary alicyclic amines) is 1. The van der Waals surface area contributed by atoms with E-state index in [1.54, 1.807) is 12.4 Å². The molecule has 9 nitrogen and oxygen atoms in total. The summed E-state index contributed by atoms with van der Waals surface area (Å²) in [5.74, 6) is -0.274. The fourth-order valence-corrected chi connectivity index (χ4v) is 5.82. The van der Waals surface area contributed by atoms with E-state index in [1.165, 1.54) is 12.3 Å². The van der Waals surface area contributed by atoms with Crippen LogP contribution in [0.2, 0.25) is 0 Å². The Labute approximate surface area is 206 Å². The number of carbonyl (C=O) groups excluding carboxylic acids is 1. The quantitative estimate of drug-likeness (QED) is 0.559. The highest BCUT2D eigenvalue weighted by atomic mass is 19.3. The largest absolute Gasteiger partial charge is 0.431 e. The third-order valence-electron chi connectivity index (χ3n) is 7.95. The number of nitrogens with one attached hydrogen (secondary N) is 1. The van der Waals surface area contributed by atoms with Gasteiger partial charge in [-0.3, -0.25) is 9.67 Å². The Balaban J connectivity index is 1.20. The number of carbonyl (C=O) groups is 1.